The molecular formula is C13H19FN2O. The molecule has 1 aromatic carbocycles. The number of benzene rings is 1. The molecular weight excluding hydrogens is 219 g/mol. The summed E-state index contributed by atoms with van der Waals surface area (Å²) in [7, 11) is 0. The summed E-state index contributed by atoms with van der Waals surface area (Å²) in [6.07, 6.45) is 1.52. The van der Waals surface area contributed by atoms with E-state index < -0.39 is 6.04 Å². The molecule has 2 atom stereocenters. The minimum absolute atomic E-state index is 0.191. The minimum Gasteiger partial charge on any atom is -0.348 e. The van der Waals surface area contributed by atoms with Crippen molar-refractivity contribution in [3.05, 3.63) is 35.6 Å². The Balaban J connectivity index is 2.60. The molecule has 3 N–H and O–H groups in total. The zero-order valence-electron chi connectivity index (χ0n) is 10.2. The van der Waals surface area contributed by atoms with Crippen LogP contribution in [0.4, 0.5) is 4.39 Å². The fourth-order valence-corrected chi connectivity index (χ4v) is 1.62. The van der Waals surface area contributed by atoms with E-state index in [1.54, 1.807) is 12.1 Å². The minimum atomic E-state index is -0.490. The van der Waals surface area contributed by atoms with Crippen LogP contribution >= 0.6 is 0 Å². The molecule has 1 unspecified atom stereocenters. The molecule has 0 aliphatic carbocycles. The lowest BCUT2D eigenvalue weighted by Crippen LogP contribution is -2.41. The highest BCUT2D eigenvalue weighted by atomic mass is 19.1. The van der Waals surface area contributed by atoms with E-state index in [-0.39, 0.29) is 17.8 Å². The van der Waals surface area contributed by atoms with E-state index in [9.17, 15) is 9.18 Å². The van der Waals surface area contributed by atoms with Crippen molar-refractivity contribution >= 4 is 5.91 Å². The van der Waals surface area contributed by atoms with Crippen LogP contribution in [-0.2, 0) is 4.79 Å². The Morgan fingerprint density at radius 3 is 2.82 bits per heavy atom. The van der Waals surface area contributed by atoms with Gasteiger partial charge in [0.1, 0.15) is 5.82 Å². The van der Waals surface area contributed by atoms with E-state index in [2.05, 4.69) is 5.32 Å². The predicted octanol–water partition coefficient (Wildman–Crippen LogP) is 2.13. The number of nitrogens with one attached hydrogen (secondary N) is 1. The zero-order chi connectivity index (χ0) is 12.8. The second kappa shape index (κ2) is 6.35. The van der Waals surface area contributed by atoms with Gasteiger partial charge in [0.2, 0.25) is 5.91 Å². The van der Waals surface area contributed by atoms with Gasteiger partial charge in [-0.05, 0) is 31.0 Å². The van der Waals surface area contributed by atoms with Gasteiger partial charge in [-0.25, -0.2) is 4.39 Å². The number of carbonyl (C=O) groups excluding carboxylic acids is 1. The average Bonchev–Trinajstić information content (AvgIpc) is 2.29. The lowest BCUT2D eigenvalue weighted by molar-refractivity contribution is -0.123. The number of hydrogen-bond donors (Lipinski definition) is 2. The van der Waals surface area contributed by atoms with Crippen LogP contribution in [0.15, 0.2) is 24.3 Å². The highest BCUT2D eigenvalue weighted by molar-refractivity contribution is 5.81. The lowest BCUT2D eigenvalue weighted by Gasteiger charge is -2.17. The van der Waals surface area contributed by atoms with E-state index in [0.717, 1.165) is 12.0 Å². The van der Waals surface area contributed by atoms with Crippen LogP contribution in [-0.4, -0.2) is 11.9 Å². The number of nitrogens with two attached hydrogens (primary N) is 1. The van der Waals surface area contributed by atoms with Crippen LogP contribution < -0.4 is 11.1 Å². The Hall–Kier alpha value is -1.42. The number of halogens is 1. The molecule has 3 nitrogen and oxygen atoms in total. The molecule has 0 aromatic heterocycles. The van der Waals surface area contributed by atoms with Gasteiger partial charge in [-0.15, -0.1) is 0 Å². The summed E-state index contributed by atoms with van der Waals surface area (Å²) in [5.41, 5.74) is 6.44. The van der Waals surface area contributed by atoms with E-state index in [1.165, 1.54) is 12.1 Å². The van der Waals surface area contributed by atoms with Gasteiger partial charge in [-0.3, -0.25) is 4.79 Å². The molecule has 17 heavy (non-hydrogen) atoms. The van der Waals surface area contributed by atoms with E-state index >= 15 is 0 Å². The van der Waals surface area contributed by atoms with Gasteiger partial charge in [-0.2, -0.15) is 0 Å². The van der Waals surface area contributed by atoms with Crippen LogP contribution in [0.5, 0.6) is 0 Å². The quantitative estimate of drug-likeness (QED) is 0.825. The van der Waals surface area contributed by atoms with E-state index in [0.29, 0.717) is 6.42 Å². The molecule has 0 heterocycles. The van der Waals surface area contributed by atoms with Crippen molar-refractivity contribution in [1.29, 1.82) is 0 Å². The van der Waals surface area contributed by atoms with Gasteiger partial charge in [0.15, 0.2) is 0 Å². The topological polar surface area (TPSA) is 55.1 Å². The van der Waals surface area contributed by atoms with Crippen LogP contribution in [0.3, 0.4) is 0 Å². The van der Waals surface area contributed by atoms with Crippen LogP contribution in [0.25, 0.3) is 0 Å². The van der Waals surface area contributed by atoms with Gasteiger partial charge >= 0.3 is 0 Å². The summed E-state index contributed by atoms with van der Waals surface area (Å²) in [4.78, 5) is 11.7. The third kappa shape index (κ3) is 4.15. The first-order valence-electron chi connectivity index (χ1n) is 5.86. The van der Waals surface area contributed by atoms with Crippen molar-refractivity contribution < 1.29 is 9.18 Å². The average molecular weight is 238 g/mol. The van der Waals surface area contributed by atoms with Crippen molar-refractivity contribution in [1.82, 2.24) is 5.32 Å². The summed E-state index contributed by atoms with van der Waals surface area (Å²) in [6, 6.07) is 5.47. The molecule has 94 valence electrons. The molecule has 1 amide bonds. The Bertz CT molecular complexity index is 381. The SMILES string of the molecule is CCC[C@@H](N)C(=O)NC(C)c1cccc(F)c1. The molecule has 0 aliphatic heterocycles. The van der Waals surface area contributed by atoms with Crippen molar-refractivity contribution in [2.24, 2.45) is 5.73 Å². The van der Waals surface area contributed by atoms with Gasteiger partial charge in [-0.1, -0.05) is 25.5 Å². The van der Waals surface area contributed by atoms with E-state index in [4.69, 9.17) is 5.73 Å². The molecule has 0 aliphatic rings. The standard InChI is InChI=1S/C13H19FN2O/c1-3-5-12(15)13(17)16-9(2)10-6-4-7-11(14)8-10/h4,6-9,12H,3,5,15H2,1-2H3,(H,16,17)/t9?,12-/m1/s1. The van der Waals surface area contributed by atoms with E-state index in [1.807, 2.05) is 13.8 Å². The van der Waals surface area contributed by atoms with Gasteiger partial charge in [0.25, 0.3) is 0 Å². The monoisotopic (exact) mass is 238 g/mol. The van der Waals surface area contributed by atoms with Crippen molar-refractivity contribution in [3.63, 3.8) is 0 Å². The summed E-state index contributed by atoms with van der Waals surface area (Å²) < 4.78 is 13.0. The zero-order valence-corrected chi connectivity index (χ0v) is 10.2. The Morgan fingerprint density at radius 1 is 1.53 bits per heavy atom. The molecule has 0 radical (unpaired) electrons. The fourth-order valence-electron chi connectivity index (χ4n) is 1.62. The first-order chi connectivity index (χ1) is 8.04. The first-order valence-corrected chi connectivity index (χ1v) is 5.86. The molecule has 0 saturated carbocycles. The number of hydrogen-bond acceptors (Lipinski definition) is 2. The van der Waals surface area contributed by atoms with Crippen molar-refractivity contribution in [2.75, 3.05) is 0 Å². The van der Waals surface area contributed by atoms with Crippen molar-refractivity contribution in [3.8, 4) is 0 Å². The number of carbonyl (C=O) groups is 1. The highest BCUT2D eigenvalue weighted by Gasteiger charge is 2.15. The molecule has 0 fully saturated rings. The Labute approximate surface area is 101 Å². The van der Waals surface area contributed by atoms with Crippen LogP contribution in [0.1, 0.15) is 38.3 Å². The summed E-state index contributed by atoms with van der Waals surface area (Å²) in [5.74, 6) is -0.495. The second-order valence-corrected chi connectivity index (χ2v) is 4.18. The number of rotatable bonds is 5. The van der Waals surface area contributed by atoms with Gasteiger partial charge in [0.05, 0.1) is 12.1 Å². The van der Waals surface area contributed by atoms with Crippen LogP contribution in [0, 0.1) is 5.82 Å². The second-order valence-electron chi connectivity index (χ2n) is 4.18. The Kier molecular flexibility index (Phi) is 5.10. The van der Waals surface area contributed by atoms with Gasteiger partial charge in [0, 0.05) is 0 Å². The maximum absolute atomic E-state index is 13.0. The van der Waals surface area contributed by atoms with Crippen molar-refractivity contribution in [2.45, 2.75) is 38.8 Å². The maximum atomic E-state index is 13.0. The molecule has 0 spiro atoms. The lowest BCUT2D eigenvalue weighted by atomic mass is 10.1. The summed E-state index contributed by atoms with van der Waals surface area (Å²) in [5, 5.41) is 2.78. The predicted molar refractivity (Wildman–Crippen MR) is 65.8 cm³/mol. The largest absolute Gasteiger partial charge is 0.348 e. The first kappa shape index (κ1) is 13.6. The number of amides is 1. The normalized spacial score (nSPS) is 14.1. The summed E-state index contributed by atoms with van der Waals surface area (Å²) >= 11 is 0. The summed E-state index contributed by atoms with van der Waals surface area (Å²) in [6.45, 7) is 3.79. The Morgan fingerprint density at radius 2 is 2.24 bits per heavy atom. The molecule has 1 aromatic rings. The molecule has 0 saturated heterocycles. The highest BCUT2D eigenvalue weighted by Crippen LogP contribution is 2.13. The third-order valence-electron chi connectivity index (χ3n) is 2.64. The fraction of sp³-hybridized carbons (Fsp3) is 0.462. The van der Waals surface area contributed by atoms with Gasteiger partial charge < -0.3 is 11.1 Å². The molecule has 1 rings (SSSR count). The maximum Gasteiger partial charge on any atom is 0.237 e. The smallest absolute Gasteiger partial charge is 0.237 e. The molecule has 4 heteroatoms. The van der Waals surface area contributed by atoms with Crippen LogP contribution in [0.2, 0.25) is 0 Å². The third-order valence-corrected chi connectivity index (χ3v) is 2.64. The molecule has 0 bridgehead atoms.